The van der Waals surface area contributed by atoms with Crippen LogP contribution in [0.25, 0.3) is 0 Å². The average molecular weight is 897 g/mol. The van der Waals surface area contributed by atoms with Crippen LogP contribution in [0.2, 0.25) is 0 Å². The maximum atomic E-state index is 14.4. The zero-order valence-corrected chi connectivity index (χ0v) is 40.0. The van der Waals surface area contributed by atoms with E-state index < -0.39 is 72.4 Å². The molecule has 0 radical (unpaired) electrons. The Kier molecular flexibility index (Phi) is 20.2. The van der Waals surface area contributed by atoms with Crippen LogP contribution in [0.1, 0.15) is 105 Å². The van der Waals surface area contributed by atoms with Gasteiger partial charge in [-0.2, -0.15) is 0 Å². The van der Waals surface area contributed by atoms with Crippen molar-refractivity contribution < 1.29 is 42.8 Å². The molecule has 4 atom stereocenters. The number of unbranched alkanes of at least 4 members (excludes halogenated alkanes) is 1. The SMILES string of the molecule is CC(C)CC(NC(=O)C(Cc1ccccc1)NC(=O)C(Cc1ccccc1)NC(=O)OC(C)(C)C)C(=O)NC(CCCCNC(=O)OC(C)(C)C)C(=O)N1CCC(P(C)(C)=O)CC1. The van der Waals surface area contributed by atoms with Crippen LogP contribution in [-0.4, -0.2) is 115 Å². The Bertz CT molecular complexity index is 1850. The summed E-state index contributed by atoms with van der Waals surface area (Å²) in [5.74, 6) is -2.12. The van der Waals surface area contributed by atoms with E-state index in [1.165, 1.54) is 0 Å². The molecule has 4 unspecified atom stereocenters. The molecule has 2 aromatic rings. The summed E-state index contributed by atoms with van der Waals surface area (Å²) in [6.45, 7) is 19.0. The molecule has 0 spiro atoms. The van der Waals surface area contributed by atoms with Crippen molar-refractivity contribution in [1.29, 1.82) is 0 Å². The van der Waals surface area contributed by atoms with Gasteiger partial charge in [0.15, 0.2) is 0 Å². The summed E-state index contributed by atoms with van der Waals surface area (Å²) in [6.07, 6.45) is 1.54. The lowest BCUT2D eigenvalue weighted by Crippen LogP contribution is -2.59. The van der Waals surface area contributed by atoms with Crippen LogP contribution in [0.3, 0.4) is 0 Å². The molecule has 63 heavy (non-hydrogen) atoms. The first-order chi connectivity index (χ1) is 29.4. The van der Waals surface area contributed by atoms with Crippen molar-refractivity contribution in [2.45, 2.75) is 148 Å². The first kappa shape index (κ1) is 52.4. The van der Waals surface area contributed by atoms with Crippen LogP contribution in [0.4, 0.5) is 9.59 Å². The van der Waals surface area contributed by atoms with Crippen molar-refractivity contribution in [3.8, 4) is 0 Å². The summed E-state index contributed by atoms with van der Waals surface area (Å²) in [6, 6.07) is 14.0. The molecule has 1 aliphatic rings. The largest absolute Gasteiger partial charge is 0.444 e. The maximum Gasteiger partial charge on any atom is 0.408 e. The quantitative estimate of drug-likeness (QED) is 0.0761. The molecule has 15 nitrogen and oxygen atoms in total. The molecule has 1 saturated heterocycles. The number of ether oxygens (including phenoxy) is 2. The summed E-state index contributed by atoms with van der Waals surface area (Å²) in [4.78, 5) is 83.8. The second kappa shape index (κ2) is 24.2. The standard InChI is InChI=1S/C47H73N6O9P/c1-32(2)29-37(40(54)49-36(23-17-18-26-48-44(58)61-46(3,4)5)43(57)53-27-24-35(25-28-53)63(9,10)60)50-41(55)38(30-33-19-13-11-14-20-33)51-42(56)39(31-34-21-15-12-16-22-34)52-45(59)62-47(6,7)8/h11-16,19-22,32,35-39H,17-18,23-31H2,1-10H3,(H,48,58)(H,49,54)(H,50,55)(H,51,56)(H,52,59). The zero-order valence-electron chi connectivity index (χ0n) is 39.1. The Morgan fingerprint density at radius 2 is 1.10 bits per heavy atom. The molecule has 1 aliphatic heterocycles. The normalized spacial score (nSPS) is 15.6. The van der Waals surface area contributed by atoms with E-state index in [9.17, 15) is 33.3 Å². The zero-order chi connectivity index (χ0) is 47.0. The lowest BCUT2D eigenvalue weighted by Gasteiger charge is -2.36. The van der Waals surface area contributed by atoms with Crippen LogP contribution >= 0.6 is 7.14 Å². The monoisotopic (exact) mass is 897 g/mol. The van der Waals surface area contributed by atoms with Crippen molar-refractivity contribution in [1.82, 2.24) is 31.5 Å². The van der Waals surface area contributed by atoms with E-state index in [4.69, 9.17) is 9.47 Å². The van der Waals surface area contributed by atoms with Gasteiger partial charge in [-0.3, -0.25) is 19.2 Å². The molecule has 0 bridgehead atoms. The number of hydrogen-bond acceptors (Lipinski definition) is 9. The van der Waals surface area contributed by atoms with Crippen molar-refractivity contribution >= 4 is 43.0 Å². The summed E-state index contributed by atoms with van der Waals surface area (Å²) in [5, 5.41) is 14.1. The summed E-state index contributed by atoms with van der Waals surface area (Å²) < 4.78 is 23.6. The van der Waals surface area contributed by atoms with E-state index in [-0.39, 0.29) is 43.2 Å². The molecule has 16 heteroatoms. The highest BCUT2D eigenvalue weighted by molar-refractivity contribution is 7.63. The molecular formula is C47H73N6O9P. The van der Waals surface area contributed by atoms with Crippen molar-refractivity contribution in [3.05, 3.63) is 71.8 Å². The number of alkyl carbamates (subject to hydrolysis) is 2. The summed E-state index contributed by atoms with van der Waals surface area (Å²) in [5.41, 5.74) is 0.0666. The number of nitrogens with zero attached hydrogens (tertiary/aromatic N) is 1. The van der Waals surface area contributed by atoms with Gasteiger partial charge in [0.05, 0.1) is 7.14 Å². The van der Waals surface area contributed by atoms with Gasteiger partial charge in [0, 0.05) is 38.1 Å². The van der Waals surface area contributed by atoms with Crippen molar-refractivity contribution in [2.24, 2.45) is 5.92 Å². The fraction of sp³-hybridized carbons (Fsp3) is 0.617. The fourth-order valence-electron chi connectivity index (χ4n) is 7.25. The smallest absolute Gasteiger partial charge is 0.408 e. The molecule has 0 aliphatic carbocycles. The van der Waals surface area contributed by atoms with Gasteiger partial charge < -0.3 is 45.5 Å². The number of nitrogens with one attached hydrogen (secondary N) is 5. The molecule has 3 rings (SSSR count). The molecule has 350 valence electrons. The number of hydrogen-bond donors (Lipinski definition) is 5. The maximum absolute atomic E-state index is 14.4. The van der Waals surface area contributed by atoms with Crippen LogP contribution in [0.5, 0.6) is 0 Å². The van der Waals surface area contributed by atoms with Crippen LogP contribution in [0, 0.1) is 5.92 Å². The van der Waals surface area contributed by atoms with Gasteiger partial charge in [-0.15, -0.1) is 0 Å². The van der Waals surface area contributed by atoms with Gasteiger partial charge in [0.1, 0.15) is 35.4 Å². The summed E-state index contributed by atoms with van der Waals surface area (Å²) >= 11 is 0. The van der Waals surface area contributed by atoms with Crippen molar-refractivity contribution in [2.75, 3.05) is 33.0 Å². The van der Waals surface area contributed by atoms with Gasteiger partial charge >= 0.3 is 12.2 Å². The Labute approximate surface area is 374 Å². The molecular weight excluding hydrogens is 824 g/mol. The Morgan fingerprint density at radius 3 is 1.57 bits per heavy atom. The van der Waals surface area contributed by atoms with Gasteiger partial charge in [-0.05, 0) is 110 Å². The lowest BCUT2D eigenvalue weighted by atomic mass is 9.99. The highest BCUT2D eigenvalue weighted by Gasteiger charge is 2.36. The molecule has 6 amide bonds. The number of carbonyl (C=O) groups excluding carboxylic acids is 6. The first-order valence-electron chi connectivity index (χ1n) is 22.2. The van der Waals surface area contributed by atoms with Gasteiger partial charge in [-0.25, -0.2) is 9.59 Å². The minimum atomic E-state index is -2.35. The van der Waals surface area contributed by atoms with E-state index in [0.717, 1.165) is 11.1 Å². The number of amides is 6. The van der Waals surface area contributed by atoms with E-state index in [0.29, 0.717) is 45.3 Å². The average Bonchev–Trinajstić information content (AvgIpc) is 3.18. The van der Waals surface area contributed by atoms with Gasteiger partial charge in [0.2, 0.25) is 23.6 Å². The third-order valence-corrected chi connectivity index (χ3v) is 12.7. The fourth-order valence-corrected chi connectivity index (χ4v) is 8.73. The molecule has 2 aromatic carbocycles. The molecule has 1 fully saturated rings. The predicted octanol–water partition coefficient (Wildman–Crippen LogP) is 6.17. The number of carbonyl (C=O) groups is 6. The number of rotatable bonds is 20. The van der Waals surface area contributed by atoms with E-state index in [1.807, 2.05) is 74.5 Å². The second-order valence-electron chi connectivity index (χ2n) is 19.3. The molecule has 5 N–H and O–H groups in total. The van der Waals surface area contributed by atoms with Gasteiger partial charge in [-0.1, -0.05) is 74.5 Å². The third-order valence-electron chi connectivity index (χ3n) is 10.4. The molecule has 1 heterocycles. The summed E-state index contributed by atoms with van der Waals surface area (Å²) in [7, 11) is -2.35. The predicted molar refractivity (Wildman–Crippen MR) is 246 cm³/mol. The van der Waals surface area contributed by atoms with Gasteiger partial charge in [0.25, 0.3) is 0 Å². The Hall–Kier alpha value is -4.91. The Balaban J connectivity index is 1.85. The minimum absolute atomic E-state index is 0.0187. The van der Waals surface area contributed by atoms with E-state index in [2.05, 4.69) is 26.6 Å². The number of benzene rings is 2. The Morgan fingerprint density at radius 1 is 0.651 bits per heavy atom. The highest BCUT2D eigenvalue weighted by Crippen LogP contribution is 2.47. The molecule has 0 saturated carbocycles. The molecule has 0 aromatic heterocycles. The third kappa shape index (κ3) is 20.0. The lowest BCUT2D eigenvalue weighted by molar-refractivity contribution is -0.138. The van der Waals surface area contributed by atoms with E-state index >= 15 is 0 Å². The first-order valence-corrected chi connectivity index (χ1v) is 24.9. The van der Waals surface area contributed by atoms with Crippen LogP contribution < -0.4 is 26.6 Å². The minimum Gasteiger partial charge on any atom is -0.444 e. The van der Waals surface area contributed by atoms with Crippen LogP contribution in [-0.2, 0) is 46.1 Å². The van der Waals surface area contributed by atoms with E-state index in [1.54, 1.807) is 59.8 Å². The van der Waals surface area contributed by atoms with Crippen molar-refractivity contribution in [3.63, 3.8) is 0 Å². The number of piperidine rings is 1. The topological polar surface area (TPSA) is 201 Å². The highest BCUT2D eigenvalue weighted by atomic mass is 31.2. The second-order valence-corrected chi connectivity index (χ2v) is 22.9. The van der Waals surface area contributed by atoms with Crippen LogP contribution in [0.15, 0.2) is 60.7 Å². The number of likely N-dealkylation sites (tertiary alicyclic amines) is 1.